The lowest BCUT2D eigenvalue weighted by Crippen LogP contribution is -2.53. The Kier molecular flexibility index (Phi) is 14.1. The van der Waals surface area contributed by atoms with Crippen LogP contribution in [0.15, 0.2) is 65.5 Å². The van der Waals surface area contributed by atoms with Crippen molar-refractivity contribution in [1.29, 1.82) is 0 Å². The van der Waals surface area contributed by atoms with E-state index < -0.39 is 36.5 Å². The van der Waals surface area contributed by atoms with Crippen molar-refractivity contribution in [3.63, 3.8) is 0 Å². The van der Waals surface area contributed by atoms with Crippen LogP contribution in [0.5, 0.6) is 5.75 Å². The molecular weight excluding hydrogens is 943 g/mol. The maximum Gasteiger partial charge on any atom is 0.234 e. The van der Waals surface area contributed by atoms with Gasteiger partial charge in [0.25, 0.3) is 0 Å². The van der Waals surface area contributed by atoms with Crippen LogP contribution in [-0.2, 0) is 14.2 Å². The van der Waals surface area contributed by atoms with Crippen LogP contribution in [0.2, 0.25) is 0 Å². The molecule has 2 amide bonds. The summed E-state index contributed by atoms with van der Waals surface area (Å²) in [6.45, 7) is 12.1. The van der Waals surface area contributed by atoms with Crippen molar-refractivity contribution in [2.75, 3.05) is 99.8 Å². The molecule has 3 N–H and O–H groups in total. The van der Waals surface area contributed by atoms with E-state index in [1.54, 1.807) is 39.0 Å². The van der Waals surface area contributed by atoms with Crippen LogP contribution in [0, 0.1) is 17.6 Å². The number of aromatic nitrogens is 4. The van der Waals surface area contributed by atoms with Crippen molar-refractivity contribution in [3.05, 3.63) is 82.7 Å². The second-order valence-corrected chi connectivity index (χ2v) is 22.4. The first-order chi connectivity index (χ1) is 32.3. The minimum absolute atomic E-state index is 0.0704. The topological polar surface area (TPSA) is 161 Å². The van der Waals surface area contributed by atoms with Gasteiger partial charge in [-0.2, -0.15) is 4.98 Å². The highest BCUT2D eigenvalue weighted by Crippen LogP contribution is 2.42. The number of carbonyl (C=O) groups is 2. The number of piperidine rings is 3. The molecule has 4 aliphatic rings. The molecular formula is C48H57BrF2N11O4P. The molecule has 2 aromatic heterocycles. The zero-order chi connectivity index (χ0) is 46.8. The first-order valence-electron chi connectivity index (χ1n) is 23.1. The standard InChI is InChI=1S/C48H57BrF2N11O4P/c1-66-41-28-32(4-6-38(41)56-48-54-29-35(49)46(58-48)55-40-8-7-39-44(53-16-15-52-39)45(40)67(2,3)65)60-20-13-31(14-21-60)62-24-22-59(23-25-62)17-10-30-11-18-61(19-12-30)33-26-36(50)43(37(51)27-33)34-5-9-42(63)57-47(34)64/h4,6-8,15-16,26-31,34H,5,9-14,17-25H2,1-3H3,(H,57,63,64)(H2,54,55,56,58). The van der Waals surface area contributed by atoms with Crippen molar-refractivity contribution >= 4 is 85.7 Å². The Hall–Kier alpha value is -5.29. The van der Waals surface area contributed by atoms with Crippen LogP contribution in [0.25, 0.3) is 11.0 Å². The Morgan fingerprint density at radius 2 is 1.51 bits per heavy atom. The number of methoxy groups -OCH3 is 1. The number of piperazine rings is 1. The van der Waals surface area contributed by atoms with E-state index in [-0.39, 0.29) is 18.4 Å². The molecule has 1 unspecified atom stereocenters. The molecule has 5 aromatic rings. The quantitative estimate of drug-likeness (QED) is 0.0781. The number of fused-ring (bicyclic) bond motifs is 1. The van der Waals surface area contributed by atoms with Gasteiger partial charge >= 0.3 is 0 Å². The number of carbonyl (C=O) groups excluding carboxylic acids is 2. The van der Waals surface area contributed by atoms with Crippen LogP contribution >= 0.6 is 23.1 Å². The van der Waals surface area contributed by atoms with E-state index in [9.17, 15) is 14.2 Å². The van der Waals surface area contributed by atoms with Gasteiger partial charge in [0.2, 0.25) is 17.8 Å². The summed E-state index contributed by atoms with van der Waals surface area (Å²) in [5, 5.41) is 9.50. The van der Waals surface area contributed by atoms with Gasteiger partial charge < -0.3 is 34.6 Å². The summed E-state index contributed by atoms with van der Waals surface area (Å²) in [5.74, 6) is -1.39. The van der Waals surface area contributed by atoms with Crippen LogP contribution in [0.1, 0.15) is 56.4 Å². The lowest BCUT2D eigenvalue weighted by atomic mass is 9.89. The van der Waals surface area contributed by atoms with Gasteiger partial charge in [0.15, 0.2) is 0 Å². The van der Waals surface area contributed by atoms with E-state index in [4.69, 9.17) is 9.72 Å². The number of hydrogen-bond acceptors (Lipinski definition) is 14. The first-order valence-corrected chi connectivity index (χ1v) is 26.5. The second kappa shape index (κ2) is 20.1. The summed E-state index contributed by atoms with van der Waals surface area (Å²) in [4.78, 5) is 51.7. The molecule has 67 heavy (non-hydrogen) atoms. The smallest absolute Gasteiger partial charge is 0.234 e. The fourth-order valence-corrected chi connectivity index (χ4v) is 11.8. The molecule has 4 fully saturated rings. The minimum atomic E-state index is -2.77. The number of rotatable bonds is 13. The summed E-state index contributed by atoms with van der Waals surface area (Å²) >= 11 is 3.58. The van der Waals surface area contributed by atoms with Crippen molar-refractivity contribution < 1.29 is 27.7 Å². The van der Waals surface area contributed by atoms with E-state index in [2.05, 4.69) is 73.7 Å². The monoisotopic (exact) mass is 999 g/mol. The van der Waals surface area contributed by atoms with Crippen molar-refractivity contribution in [3.8, 4) is 5.75 Å². The average Bonchev–Trinajstić information content (AvgIpc) is 3.32. The molecule has 4 aliphatic heterocycles. The number of nitrogens with zero attached hydrogens (tertiary/aromatic N) is 8. The summed E-state index contributed by atoms with van der Waals surface area (Å²) < 4.78 is 50.4. The van der Waals surface area contributed by atoms with Crippen molar-refractivity contribution in [2.24, 2.45) is 5.92 Å². The highest BCUT2D eigenvalue weighted by atomic mass is 79.9. The van der Waals surface area contributed by atoms with Crippen LogP contribution in [-0.4, -0.2) is 127 Å². The first kappa shape index (κ1) is 46.8. The summed E-state index contributed by atoms with van der Waals surface area (Å²) in [6, 6.07) is 13.1. The number of hydrogen-bond donors (Lipinski definition) is 3. The normalized spacial score (nSPS) is 19.5. The van der Waals surface area contributed by atoms with Gasteiger partial charge in [0.05, 0.1) is 39.7 Å². The minimum Gasteiger partial charge on any atom is -0.494 e. The zero-order valence-corrected chi connectivity index (χ0v) is 40.6. The zero-order valence-electron chi connectivity index (χ0n) is 38.1. The van der Waals surface area contributed by atoms with Gasteiger partial charge in [-0.1, -0.05) is 0 Å². The Balaban J connectivity index is 0.726. The molecule has 15 nitrogen and oxygen atoms in total. The average molecular weight is 1000 g/mol. The largest absolute Gasteiger partial charge is 0.494 e. The third kappa shape index (κ3) is 10.6. The number of halogens is 3. The molecule has 6 heterocycles. The highest BCUT2D eigenvalue weighted by molar-refractivity contribution is 9.10. The van der Waals surface area contributed by atoms with Gasteiger partial charge in [-0.05, 0) is 117 Å². The summed E-state index contributed by atoms with van der Waals surface area (Å²) in [6.07, 6.45) is 10.3. The molecule has 9 rings (SSSR count). The third-order valence-electron chi connectivity index (χ3n) is 13.8. The van der Waals surface area contributed by atoms with Gasteiger partial charge in [-0.25, -0.2) is 13.8 Å². The molecule has 354 valence electrons. The van der Waals surface area contributed by atoms with E-state index >= 15 is 8.78 Å². The number of amides is 2. The highest BCUT2D eigenvalue weighted by Gasteiger charge is 2.34. The van der Waals surface area contributed by atoms with Gasteiger partial charge in [-0.3, -0.25) is 29.8 Å². The molecule has 19 heteroatoms. The van der Waals surface area contributed by atoms with Crippen LogP contribution in [0.3, 0.4) is 0 Å². The predicted molar refractivity (Wildman–Crippen MR) is 262 cm³/mol. The molecule has 0 aliphatic carbocycles. The van der Waals surface area contributed by atoms with E-state index in [0.29, 0.717) is 61.7 Å². The Labute approximate surface area is 398 Å². The Bertz CT molecular complexity index is 2660. The lowest BCUT2D eigenvalue weighted by Gasteiger charge is -2.43. The molecule has 0 saturated carbocycles. The summed E-state index contributed by atoms with van der Waals surface area (Å²) in [7, 11) is -1.11. The lowest BCUT2D eigenvalue weighted by molar-refractivity contribution is -0.134. The fourth-order valence-electron chi connectivity index (χ4n) is 10.2. The van der Waals surface area contributed by atoms with Crippen molar-refractivity contribution in [2.45, 2.75) is 56.9 Å². The van der Waals surface area contributed by atoms with E-state index in [1.807, 2.05) is 23.1 Å². The SMILES string of the molecule is COc1cc(N2CCC(N3CCN(CCC4CCN(c5cc(F)c(C6CCC(=O)NC6=O)c(F)c5)CC4)CC3)CC2)ccc1Nc1ncc(Br)c(Nc2ccc3nccnc3c2P(C)(C)=O)n1. The number of nitrogens with one attached hydrogen (secondary N) is 3. The molecule has 0 bridgehead atoms. The van der Waals surface area contributed by atoms with Crippen molar-refractivity contribution in [1.82, 2.24) is 35.1 Å². The molecule has 4 saturated heterocycles. The number of imide groups is 1. The second-order valence-electron chi connectivity index (χ2n) is 18.4. The molecule has 3 aromatic carbocycles. The maximum absolute atomic E-state index is 15.2. The van der Waals surface area contributed by atoms with Crippen LogP contribution < -0.4 is 35.8 Å². The predicted octanol–water partition coefficient (Wildman–Crippen LogP) is 7.62. The van der Waals surface area contributed by atoms with E-state index in [1.165, 1.54) is 12.1 Å². The maximum atomic E-state index is 15.2. The fraction of sp³-hybridized carbons (Fsp3) is 0.458. The molecule has 0 radical (unpaired) electrons. The number of benzene rings is 3. The molecule has 0 spiro atoms. The van der Waals surface area contributed by atoms with E-state index in [0.717, 1.165) is 102 Å². The molecule has 1 atom stereocenters. The Morgan fingerprint density at radius 3 is 2.21 bits per heavy atom. The van der Waals surface area contributed by atoms with Gasteiger partial charge in [0.1, 0.15) is 35.9 Å². The number of anilines is 6. The summed E-state index contributed by atoms with van der Waals surface area (Å²) in [5.41, 5.74) is 4.00. The Morgan fingerprint density at radius 1 is 0.821 bits per heavy atom. The van der Waals surface area contributed by atoms with Crippen LogP contribution in [0.4, 0.5) is 43.3 Å². The van der Waals surface area contributed by atoms with Gasteiger partial charge in [0, 0.05) is 106 Å². The number of ether oxygens (including phenoxy) is 1. The third-order valence-corrected chi connectivity index (χ3v) is 15.9. The van der Waals surface area contributed by atoms with Gasteiger partial charge in [-0.15, -0.1) is 0 Å².